The van der Waals surface area contributed by atoms with Gasteiger partial charge < -0.3 is 9.73 Å². The van der Waals surface area contributed by atoms with Gasteiger partial charge in [0.2, 0.25) is 0 Å². The SMILES string of the molecule is O=C(NC1CCCc2occc21)c1cncc(Cl)n1. The number of nitrogens with one attached hydrogen (secondary N) is 1. The van der Waals surface area contributed by atoms with E-state index in [2.05, 4.69) is 15.3 Å². The molecule has 0 fully saturated rings. The third-order valence-electron chi connectivity index (χ3n) is 3.20. The van der Waals surface area contributed by atoms with Gasteiger partial charge in [0, 0.05) is 12.0 Å². The van der Waals surface area contributed by atoms with Crippen LogP contribution in [0, 0.1) is 0 Å². The van der Waals surface area contributed by atoms with Gasteiger partial charge in [0.15, 0.2) is 0 Å². The molecule has 0 spiro atoms. The summed E-state index contributed by atoms with van der Waals surface area (Å²) in [4.78, 5) is 19.9. The molecule has 0 saturated carbocycles. The molecule has 1 aliphatic rings. The highest BCUT2D eigenvalue weighted by molar-refractivity contribution is 6.29. The predicted molar refractivity (Wildman–Crippen MR) is 68.9 cm³/mol. The molecule has 1 amide bonds. The maximum atomic E-state index is 12.1. The lowest BCUT2D eigenvalue weighted by molar-refractivity contribution is 0.0926. The number of fused-ring (bicyclic) bond motifs is 1. The zero-order chi connectivity index (χ0) is 13.2. The van der Waals surface area contributed by atoms with Crippen LogP contribution in [0.2, 0.25) is 5.15 Å². The van der Waals surface area contributed by atoms with Crippen LogP contribution in [0.25, 0.3) is 0 Å². The fourth-order valence-corrected chi connectivity index (χ4v) is 2.47. The number of halogens is 1. The molecule has 1 atom stereocenters. The van der Waals surface area contributed by atoms with Crippen molar-refractivity contribution in [3.8, 4) is 0 Å². The van der Waals surface area contributed by atoms with Gasteiger partial charge in [-0.1, -0.05) is 11.6 Å². The molecule has 0 saturated heterocycles. The minimum absolute atomic E-state index is 0.0317. The largest absolute Gasteiger partial charge is 0.469 e. The Morgan fingerprint density at radius 3 is 3.21 bits per heavy atom. The Labute approximate surface area is 115 Å². The second-order valence-electron chi connectivity index (χ2n) is 4.44. The highest BCUT2D eigenvalue weighted by Gasteiger charge is 2.24. The molecule has 6 heteroatoms. The fourth-order valence-electron chi connectivity index (χ4n) is 2.32. The molecule has 1 unspecified atom stereocenters. The van der Waals surface area contributed by atoms with E-state index in [1.54, 1.807) is 6.26 Å². The number of carbonyl (C=O) groups is 1. The van der Waals surface area contributed by atoms with Gasteiger partial charge in [-0.3, -0.25) is 9.78 Å². The number of rotatable bonds is 2. The lowest BCUT2D eigenvalue weighted by atomic mass is 9.93. The van der Waals surface area contributed by atoms with E-state index in [1.165, 1.54) is 12.4 Å². The second-order valence-corrected chi connectivity index (χ2v) is 4.83. The van der Waals surface area contributed by atoms with Crippen molar-refractivity contribution < 1.29 is 9.21 Å². The van der Waals surface area contributed by atoms with Gasteiger partial charge in [-0.15, -0.1) is 0 Å². The Bertz CT molecular complexity index is 611. The second kappa shape index (κ2) is 5.01. The van der Waals surface area contributed by atoms with Gasteiger partial charge in [0.1, 0.15) is 16.6 Å². The van der Waals surface area contributed by atoms with E-state index < -0.39 is 0 Å². The van der Waals surface area contributed by atoms with Crippen LogP contribution in [-0.4, -0.2) is 15.9 Å². The number of hydrogen-bond acceptors (Lipinski definition) is 4. The molecular formula is C13H12ClN3O2. The van der Waals surface area contributed by atoms with Gasteiger partial charge in [-0.25, -0.2) is 4.98 Å². The summed E-state index contributed by atoms with van der Waals surface area (Å²) in [7, 11) is 0. The molecule has 2 heterocycles. The Morgan fingerprint density at radius 2 is 2.37 bits per heavy atom. The molecule has 3 rings (SSSR count). The molecule has 0 aliphatic heterocycles. The van der Waals surface area contributed by atoms with Crippen molar-refractivity contribution in [2.24, 2.45) is 0 Å². The number of aromatic nitrogens is 2. The van der Waals surface area contributed by atoms with Crippen LogP contribution < -0.4 is 5.32 Å². The maximum Gasteiger partial charge on any atom is 0.272 e. The van der Waals surface area contributed by atoms with Gasteiger partial charge in [-0.2, -0.15) is 0 Å². The molecular weight excluding hydrogens is 266 g/mol. The summed E-state index contributed by atoms with van der Waals surface area (Å²) in [6, 6.07) is 1.87. The van der Waals surface area contributed by atoms with Crippen molar-refractivity contribution in [2.75, 3.05) is 0 Å². The van der Waals surface area contributed by atoms with Gasteiger partial charge in [0.25, 0.3) is 5.91 Å². The smallest absolute Gasteiger partial charge is 0.272 e. The lowest BCUT2D eigenvalue weighted by Gasteiger charge is -2.22. The maximum absolute atomic E-state index is 12.1. The average molecular weight is 278 g/mol. The van der Waals surface area contributed by atoms with Crippen molar-refractivity contribution in [2.45, 2.75) is 25.3 Å². The molecule has 2 aromatic rings. The molecule has 98 valence electrons. The first-order valence-electron chi connectivity index (χ1n) is 6.09. The zero-order valence-corrected chi connectivity index (χ0v) is 10.9. The molecule has 0 bridgehead atoms. The van der Waals surface area contributed by atoms with E-state index in [0.717, 1.165) is 30.6 Å². The van der Waals surface area contributed by atoms with Crippen LogP contribution in [0.3, 0.4) is 0 Å². The van der Waals surface area contributed by atoms with E-state index >= 15 is 0 Å². The van der Waals surface area contributed by atoms with Crippen molar-refractivity contribution in [3.63, 3.8) is 0 Å². The predicted octanol–water partition coefficient (Wildman–Crippen LogP) is 2.53. The van der Waals surface area contributed by atoms with Gasteiger partial charge in [0.05, 0.1) is 24.7 Å². The summed E-state index contributed by atoms with van der Waals surface area (Å²) >= 11 is 5.73. The minimum Gasteiger partial charge on any atom is -0.469 e. The van der Waals surface area contributed by atoms with Crippen molar-refractivity contribution in [1.29, 1.82) is 0 Å². The monoisotopic (exact) mass is 277 g/mol. The van der Waals surface area contributed by atoms with E-state index in [1.807, 2.05) is 6.07 Å². The van der Waals surface area contributed by atoms with E-state index in [4.69, 9.17) is 16.0 Å². The first-order valence-corrected chi connectivity index (χ1v) is 6.46. The summed E-state index contributed by atoms with van der Waals surface area (Å²) in [5.41, 5.74) is 1.28. The van der Waals surface area contributed by atoms with Crippen molar-refractivity contribution in [3.05, 3.63) is 46.9 Å². The number of nitrogens with zero attached hydrogens (tertiary/aromatic N) is 2. The molecule has 1 aliphatic carbocycles. The number of aryl methyl sites for hydroxylation is 1. The van der Waals surface area contributed by atoms with Crippen LogP contribution >= 0.6 is 11.6 Å². The standard InChI is InChI=1S/C13H12ClN3O2/c14-12-7-15-6-10(16-12)13(18)17-9-2-1-3-11-8(9)4-5-19-11/h4-7,9H,1-3H2,(H,17,18). The van der Waals surface area contributed by atoms with E-state index in [0.29, 0.717) is 0 Å². The number of amides is 1. The quantitative estimate of drug-likeness (QED) is 0.916. The third-order valence-corrected chi connectivity index (χ3v) is 3.38. The Kier molecular flexibility index (Phi) is 3.21. The van der Waals surface area contributed by atoms with E-state index in [-0.39, 0.29) is 22.8 Å². The summed E-state index contributed by atoms with van der Waals surface area (Å²) in [5.74, 6) is 0.683. The number of carbonyl (C=O) groups excluding carboxylic acids is 1. The van der Waals surface area contributed by atoms with Crippen LogP contribution in [0.1, 0.15) is 40.7 Å². The molecule has 0 aromatic carbocycles. The van der Waals surface area contributed by atoms with E-state index in [9.17, 15) is 4.79 Å². The van der Waals surface area contributed by atoms with Crippen LogP contribution in [0.5, 0.6) is 0 Å². The molecule has 2 aromatic heterocycles. The normalized spacial score (nSPS) is 17.8. The minimum atomic E-state index is -0.269. The summed E-state index contributed by atoms with van der Waals surface area (Å²) in [6.07, 6.45) is 7.27. The van der Waals surface area contributed by atoms with Crippen LogP contribution in [-0.2, 0) is 6.42 Å². The highest BCUT2D eigenvalue weighted by Crippen LogP contribution is 2.30. The Morgan fingerprint density at radius 1 is 1.47 bits per heavy atom. The van der Waals surface area contributed by atoms with Gasteiger partial charge in [-0.05, 0) is 18.9 Å². The topological polar surface area (TPSA) is 68.0 Å². The number of furan rings is 1. The van der Waals surface area contributed by atoms with Crippen LogP contribution in [0.4, 0.5) is 0 Å². The molecule has 1 N–H and O–H groups in total. The lowest BCUT2D eigenvalue weighted by Crippen LogP contribution is -2.31. The van der Waals surface area contributed by atoms with Crippen molar-refractivity contribution in [1.82, 2.24) is 15.3 Å². The third kappa shape index (κ3) is 2.46. The number of hydrogen-bond donors (Lipinski definition) is 1. The zero-order valence-electron chi connectivity index (χ0n) is 10.1. The summed E-state index contributed by atoms with van der Waals surface area (Å²) in [5, 5.41) is 3.15. The average Bonchev–Trinajstić information content (AvgIpc) is 2.88. The molecule has 5 nitrogen and oxygen atoms in total. The first-order chi connectivity index (χ1) is 9.24. The van der Waals surface area contributed by atoms with Gasteiger partial charge >= 0.3 is 0 Å². The van der Waals surface area contributed by atoms with Crippen molar-refractivity contribution >= 4 is 17.5 Å². The summed E-state index contributed by atoms with van der Waals surface area (Å²) in [6.45, 7) is 0. The Hall–Kier alpha value is -1.88. The first kappa shape index (κ1) is 12.2. The summed E-state index contributed by atoms with van der Waals surface area (Å²) < 4.78 is 5.39. The molecule has 0 radical (unpaired) electrons. The van der Waals surface area contributed by atoms with Crippen LogP contribution in [0.15, 0.2) is 29.1 Å². The Balaban J connectivity index is 1.78. The fraction of sp³-hybridized carbons (Fsp3) is 0.308. The molecule has 19 heavy (non-hydrogen) atoms. The highest BCUT2D eigenvalue weighted by atomic mass is 35.5.